The van der Waals surface area contributed by atoms with Crippen LogP contribution < -0.4 is 4.90 Å². The second kappa shape index (κ2) is 4.47. The van der Waals surface area contributed by atoms with E-state index in [0.29, 0.717) is 0 Å². The molecule has 1 heterocycles. The van der Waals surface area contributed by atoms with Gasteiger partial charge in [0, 0.05) is 32.5 Å². The van der Waals surface area contributed by atoms with Crippen molar-refractivity contribution in [3.8, 4) is 0 Å². The molecule has 2 rings (SSSR count). The summed E-state index contributed by atoms with van der Waals surface area (Å²) in [5, 5.41) is 0. The van der Waals surface area contributed by atoms with Crippen LogP contribution in [0.3, 0.4) is 0 Å². The van der Waals surface area contributed by atoms with Crippen molar-refractivity contribution in [2.45, 2.75) is 12.8 Å². The number of rotatable bonds is 4. The van der Waals surface area contributed by atoms with Gasteiger partial charge >= 0.3 is 0 Å². The van der Waals surface area contributed by atoms with Gasteiger partial charge in [-0.2, -0.15) is 0 Å². The molecule has 0 bridgehead atoms. The number of hydrogen-bond donors (Lipinski definition) is 0. The first-order valence-electron chi connectivity index (χ1n) is 5.23. The van der Waals surface area contributed by atoms with Gasteiger partial charge in [-0.05, 0) is 24.5 Å². The van der Waals surface area contributed by atoms with E-state index in [4.69, 9.17) is 4.74 Å². The van der Waals surface area contributed by atoms with Gasteiger partial charge < -0.3 is 9.64 Å². The molecule has 1 aliphatic rings. The number of methoxy groups -OCH3 is 1. The third kappa shape index (κ3) is 1.90. The van der Waals surface area contributed by atoms with E-state index in [1.807, 2.05) is 0 Å². The molecule has 0 N–H and O–H groups in total. The predicted octanol–water partition coefficient (Wildman–Crippen LogP) is 2.09. The topological polar surface area (TPSA) is 12.5 Å². The van der Waals surface area contributed by atoms with Gasteiger partial charge in [0.25, 0.3) is 0 Å². The van der Waals surface area contributed by atoms with Crippen LogP contribution in [0.25, 0.3) is 0 Å². The fourth-order valence-corrected chi connectivity index (χ4v) is 2.04. The first-order chi connectivity index (χ1) is 6.92. The quantitative estimate of drug-likeness (QED) is 0.676. The molecule has 0 saturated heterocycles. The highest BCUT2D eigenvalue weighted by Crippen LogP contribution is 2.27. The van der Waals surface area contributed by atoms with Crippen molar-refractivity contribution in [2.24, 2.45) is 0 Å². The fourth-order valence-electron chi connectivity index (χ4n) is 2.04. The first kappa shape index (κ1) is 9.53. The van der Waals surface area contributed by atoms with Crippen LogP contribution in [0.4, 0.5) is 5.69 Å². The minimum Gasteiger partial charge on any atom is -0.385 e. The minimum absolute atomic E-state index is 0.860. The highest BCUT2D eigenvalue weighted by Gasteiger charge is 2.16. The summed E-state index contributed by atoms with van der Waals surface area (Å²) in [6.45, 7) is 3.15. The van der Waals surface area contributed by atoms with Crippen LogP contribution in [0.1, 0.15) is 12.0 Å². The van der Waals surface area contributed by atoms with Gasteiger partial charge in [0.2, 0.25) is 0 Å². The number of anilines is 1. The summed E-state index contributed by atoms with van der Waals surface area (Å²) < 4.78 is 5.06. The van der Waals surface area contributed by atoms with Crippen LogP contribution in [-0.4, -0.2) is 26.8 Å². The van der Waals surface area contributed by atoms with Gasteiger partial charge in [-0.1, -0.05) is 18.2 Å². The van der Waals surface area contributed by atoms with E-state index in [1.165, 1.54) is 24.2 Å². The number of benzene rings is 1. The van der Waals surface area contributed by atoms with Crippen molar-refractivity contribution < 1.29 is 4.74 Å². The summed E-state index contributed by atoms with van der Waals surface area (Å²) in [4.78, 5) is 2.45. The zero-order valence-corrected chi connectivity index (χ0v) is 8.70. The molecule has 76 valence electrons. The zero-order chi connectivity index (χ0) is 9.80. The standard InChI is InChI=1S/C12H17NO/c1-14-10-4-8-13-9-7-11-5-2-3-6-12(11)13/h2-3,5-6H,4,7-10H2,1H3. The van der Waals surface area contributed by atoms with Crippen molar-refractivity contribution in [2.75, 3.05) is 31.7 Å². The molecule has 0 aromatic heterocycles. The van der Waals surface area contributed by atoms with Crippen LogP contribution in [-0.2, 0) is 11.2 Å². The van der Waals surface area contributed by atoms with Gasteiger partial charge in [-0.25, -0.2) is 0 Å². The van der Waals surface area contributed by atoms with Gasteiger partial charge in [0.1, 0.15) is 0 Å². The first-order valence-corrected chi connectivity index (χ1v) is 5.23. The lowest BCUT2D eigenvalue weighted by Crippen LogP contribution is -2.22. The summed E-state index contributed by atoms with van der Waals surface area (Å²) in [5.41, 5.74) is 2.91. The molecule has 2 heteroatoms. The Labute approximate surface area is 85.5 Å². The van der Waals surface area contributed by atoms with Crippen LogP contribution in [0.5, 0.6) is 0 Å². The number of fused-ring (bicyclic) bond motifs is 1. The summed E-state index contributed by atoms with van der Waals surface area (Å²) in [6, 6.07) is 8.69. The Morgan fingerprint density at radius 3 is 3.07 bits per heavy atom. The van der Waals surface area contributed by atoms with Crippen molar-refractivity contribution in [3.05, 3.63) is 29.8 Å². The summed E-state index contributed by atoms with van der Waals surface area (Å²) in [5.74, 6) is 0. The minimum atomic E-state index is 0.860. The Kier molecular flexibility index (Phi) is 3.04. The summed E-state index contributed by atoms with van der Waals surface area (Å²) in [6.07, 6.45) is 2.31. The third-order valence-electron chi connectivity index (χ3n) is 2.76. The molecule has 1 aromatic rings. The van der Waals surface area contributed by atoms with Crippen molar-refractivity contribution in [1.29, 1.82) is 0 Å². The Hall–Kier alpha value is -1.02. The van der Waals surface area contributed by atoms with E-state index in [9.17, 15) is 0 Å². The maximum atomic E-state index is 5.06. The van der Waals surface area contributed by atoms with Crippen molar-refractivity contribution in [1.82, 2.24) is 0 Å². The largest absolute Gasteiger partial charge is 0.385 e. The van der Waals surface area contributed by atoms with Crippen molar-refractivity contribution in [3.63, 3.8) is 0 Å². The second-order valence-electron chi connectivity index (χ2n) is 3.71. The molecule has 0 aliphatic carbocycles. The molecular formula is C12H17NO. The van der Waals surface area contributed by atoms with E-state index in [0.717, 1.165) is 19.6 Å². The number of nitrogens with zero attached hydrogens (tertiary/aromatic N) is 1. The molecule has 0 fully saturated rings. The maximum absolute atomic E-state index is 5.06. The molecule has 0 spiro atoms. The zero-order valence-electron chi connectivity index (χ0n) is 8.70. The predicted molar refractivity (Wildman–Crippen MR) is 58.9 cm³/mol. The smallest absolute Gasteiger partial charge is 0.0479 e. The molecule has 0 unspecified atom stereocenters. The van der Waals surface area contributed by atoms with Crippen molar-refractivity contribution >= 4 is 5.69 Å². The van der Waals surface area contributed by atoms with E-state index in [2.05, 4.69) is 29.2 Å². The average Bonchev–Trinajstić information content (AvgIpc) is 2.63. The number of ether oxygens (including phenoxy) is 1. The van der Waals surface area contributed by atoms with Gasteiger partial charge in [-0.15, -0.1) is 0 Å². The lowest BCUT2D eigenvalue weighted by atomic mass is 10.2. The molecule has 2 nitrogen and oxygen atoms in total. The van der Waals surface area contributed by atoms with Gasteiger partial charge in [-0.3, -0.25) is 0 Å². The normalized spacial score (nSPS) is 14.5. The highest BCUT2D eigenvalue weighted by molar-refractivity contribution is 5.57. The lowest BCUT2D eigenvalue weighted by molar-refractivity contribution is 0.196. The monoisotopic (exact) mass is 191 g/mol. The average molecular weight is 191 g/mol. The van der Waals surface area contributed by atoms with Gasteiger partial charge in [0.05, 0.1) is 0 Å². The highest BCUT2D eigenvalue weighted by atomic mass is 16.5. The molecule has 1 aromatic carbocycles. The lowest BCUT2D eigenvalue weighted by Gasteiger charge is -2.18. The SMILES string of the molecule is COCCCN1CCc2ccccc21. The molecule has 0 radical (unpaired) electrons. The maximum Gasteiger partial charge on any atom is 0.0479 e. The Morgan fingerprint density at radius 2 is 2.21 bits per heavy atom. The Balaban J connectivity index is 1.96. The van der Waals surface area contributed by atoms with Crippen LogP contribution >= 0.6 is 0 Å². The number of hydrogen-bond acceptors (Lipinski definition) is 2. The van der Waals surface area contributed by atoms with E-state index >= 15 is 0 Å². The Morgan fingerprint density at radius 1 is 1.36 bits per heavy atom. The Bertz CT molecular complexity index is 298. The van der Waals surface area contributed by atoms with Crippen LogP contribution in [0, 0.1) is 0 Å². The van der Waals surface area contributed by atoms with E-state index in [1.54, 1.807) is 7.11 Å². The summed E-state index contributed by atoms with van der Waals surface area (Å²) in [7, 11) is 1.76. The van der Waals surface area contributed by atoms with Gasteiger partial charge in [0.15, 0.2) is 0 Å². The molecular weight excluding hydrogens is 174 g/mol. The van der Waals surface area contributed by atoms with E-state index in [-0.39, 0.29) is 0 Å². The molecule has 1 aliphatic heterocycles. The number of para-hydroxylation sites is 1. The summed E-state index contributed by atoms with van der Waals surface area (Å²) >= 11 is 0. The molecule has 0 atom stereocenters. The van der Waals surface area contributed by atoms with Crippen LogP contribution in [0.15, 0.2) is 24.3 Å². The molecule has 0 saturated carbocycles. The second-order valence-corrected chi connectivity index (χ2v) is 3.71. The third-order valence-corrected chi connectivity index (χ3v) is 2.76. The molecule has 0 amide bonds. The van der Waals surface area contributed by atoms with E-state index < -0.39 is 0 Å². The molecule has 14 heavy (non-hydrogen) atoms. The van der Waals surface area contributed by atoms with Crippen LogP contribution in [0.2, 0.25) is 0 Å². The fraction of sp³-hybridized carbons (Fsp3) is 0.500.